The zero-order valence-corrected chi connectivity index (χ0v) is 11.7. The molecule has 1 aromatic heterocycles. The van der Waals surface area contributed by atoms with Gasteiger partial charge in [0.05, 0.1) is 6.26 Å². The summed E-state index contributed by atoms with van der Waals surface area (Å²) in [6, 6.07) is 2.34. The lowest BCUT2D eigenvalue weighted by molar-refractivity contribution is 0.0616. The number of piperidine rings is 1. The summed E-state index contributed by atoms with van der Waals surface area (Å²) < 4.78 is 5.76. The highest BCUT2D eigenvalue weighted by atomic mass is 16.3. The fraction of sp³-hybridized carbons (Fsp3) is 0.733. The molecule has 0 saturated carbocycles. The molecule has 1 aromatic rings. The molecule has 2 heterocycles. The number of rotatable bonds is 0. The average Bonchev–Trinajstić information content (AvgIpc) is 2.83. The number of fused-ring (bicyclic) bond motifs is 2. The maximum Gasteiger partial charge on any atom is 0.114 e. The van der Waals surface area contributed by atoms with E-state index >= 15 is 0 Å². The smallest absolute Gasteiger partial charge is 0.114 e. The summed E-state index contributed by atoms with van der Waals surface area (Å²) in [5.41, 5.74) is 8.13. The maximum absolute atomic E-state index is 6.42. The van der Waals surface area contributed by atoms with Crippen molar-refractivity contribution in [1.29, 1.82) is 0 Å². The van der Waals surface area contributed by atoms with Crippen LogP contribution in [0.2, 0.25) is 0 Å². The molecule has 2 aliphatic rings. The van der Waals surface area contributed by atoms with Crippen molar-refractivity contribution < 1.29 is 4.42 Å². The molecule has 0 bridgehead atoms. The predicted molar refractivity (Wildman–Crippen MR) is 72.6 cm³/mol. The van der Waals surface area contributed by atoms with E-state index in [9.17, 15) is 0 Å². The standard InChI is InChI=1S/C15H24N2O/c1-14(2,3)17-7-5-15(6-8-17)12(16)10-11-4-9-18-13(11)15/h4,9,12H,5-8,10,16H2,1-3H3/t12-/m1/s1. The van der Waals surface area contributed by atoms with E-state index in [1.165, 1.54) is 11.3 Å². The SMILES string of the molecule is CC(C)(C)N1CCC2(CC1)c1occc1C[C@H]2N. The first kappa shape index (κ1) is 12.2. The Morgan fingerprint density at radius 2 is 2.00 bits per heavy atom. The lowest BCUT2D eigenvalue weighted by Gasteiger charge is -2.46. The zero-order valence-electron chi connectivity index (χ0n) is 11.7. The number of hydrogen-bond donors (Lipinski definition) is 1. The van der Waals surface area contributed by atoms with E-state index in [4.69, 9.17) is 10.2 Å². The first-order valence-corrected chi connectivity index (χ1v) is 7.01. The highest BCUT2D eigenvalue weighted by molar-refractivity contribution is 5.36. The van der Waals surface area contributed by atoms with Gasteiger partial charge < -0.3 is 10.2 Å². The Morgan fingerprint density at radius 1 is 1.33 bits per heavy atom. The van der Waals surface area contributed by atoms with Crippen LogP contribution in [0.1, 0.15) is 44.9 Å². The molecule has 1 aliphatic heterocycles. The number of hydrogen-bond acceptors (Lipinski definition) is 3. The van der Waals surface area contributed by atoms with Gasteiger partial charge in [-0.15, -0.1) is 0 Å². The molecule has 1 fully saturated rings. The van der Waals surface area contributed by atoms with Crippen molar-refractivity contribution in [3.8, 4) is 0 Å². The van der Waals surface area contributed by atoms with Gasteiger partial charge in [0.2, 0.25) is 0 Å². The zero-order chi connectivity index (χ0) is 13.0. The normalized spacial score (nSPS) is 27.7. The number of furan rings is 1. The van der Waals surface area contributed by atoms with Gasteiger partial charge in [0.1, 0.15) is 5.76 Å². The summed E-state index contributed by atoms with van der Waals surface area (Å²) in [6.45, 7) is 9.11. The molecule has 1 saturated heterocycles. The molecule has 2 N–H and O–H groups in total. The van der Waals surface area contributed by atoms with Crippen LogP contribution in [0.5, 0.6) is 0 Å². The van der Waals surface area contributed by atoms with Crippen molar-refractivity contribution in [3.05, 3.63) is 23.7 Å². The van der Waals surface area contributed by atoms with Gasteiger partial charge in [0, 0.05) is 17.0 Å². The van der Waals surface area contributed by atoms with Crippen molar-refractivity contribution >= 4 is 0 Å². The molecule has 1 atom stereocenters. The van der Waals surface area contributed by atoms with Gasteiger partial charge in [0.25, 0.3) is 0 Å². The molecule has 100 valence electrons. The fourth-order valence-electron chi connectivity index (χ4n) is 3.71. The maximum atomic E-state index is 6.42. The van der Waals surface area contributed by atoms with Gasteiger partial charge >= 0.3 is 0 Å². The third kappa shape index (κ3) is 1.64. The Bertz CT molecular complexity index is 436. The molecule has 3 heteroatoms. The van der Waals surface area contributed by atoms with Gasteiger partial charge in [-0.2, -0.15) is 0 Å². The lowest BCUT2D eigenvalue weighted by atomic mass is 9.73. The second-order valence-corrected chi connectivity index (χ2v) is 6.90. The van der Waals surface area contributed by atoms with E-state index in [-0.39, 0.29) is 17.0 Å². The minimum absolute atomic E-state index is 0.112. The van der Waals surface area contributed by atoms with Crippen molar-refractivity contribution in [2.75, 3.05) is 13.1 Å². The van der Waals surface area contributed by atoms with E-state index < -0.39 is 0 Å². The van der Waals surface area contributed by atoms with Crippen LogP contribution in [-0.4, -0.2) is 29.6 Å². The molecule has 1 spiro atoms. The molecule has 3 nitrogen and oxygen atoms in total. The van der Waals surface area contributed by atoms with Gasteiger partial charge in [-0.05, 0) is 64.8 Å². The van der Waals surface area contributed by atoms with Crippen LogP contribution in [0.3, 0.4) is 0 Å². The third-order valence-corrected chi connectivity index (χ3v) is 4.95. The van der Waals surface area contributed by atoms with Crippen LogP contribution in [0, 0.1) is 0 Å². The average molecular weight is 248 g/mol. The van der Waals surface area contributed by atoms with Gasteiger partial charge in [-0.3, -0.25) is 4.90 Å². The molecular weight excluding hydrogens is 224 g/mol. The Morgan fingerprint density at radius 3 is 2.61 bits per heavy atom. The van der Waals surface area contributed by atoms with Crippen molar-refractivity contribution in [2.24, 2.45) is 5.73 Å². The van der Waals surface area contributed by atoms with Gasteiger partial charge in [-0.25, -0.2) is 0 Å². The molecule has 0 aromatic carbocycles. The van der Waals surface area contributed by atoms with Crippen LogP contribution in [-0.2, 0) is 11.8 Å². The summed E-state index contributed by atoms with van der Waals surface area (Å²) in [4.78, 5) is 2.56. The second kappa shape index (κ2) is 3.84. The van der Waals surface area contributed by atoms with Gasteiger partial charge in [0.15, 0.2) is 0 Å². The highest BCUT2D eigenvalue weighted by Crippen LogP contribution is 2.46. The summed E-state index contributed by atoms with van der Waals surface area (Å²) >= 11 is 0. The summed E-state index contributed by atoms with van der Waals surface area (Å²) in [7, 11) is 0. The molecule has 3 rings (SSSR count). The van der Waals surface area contributed by atoms with Gasteiger partial charge in [-0.1, -0.05) is 0 Å². The monoisotopic (exact) mass is 248 g/mol. The Labute approximate surface area is 109 Å². The van der Waals surface area contributed by atoms with E-state index in [0.717, 1.165) is 32.4 Å². The highest BCUT2D eigenvalue weighted by Gasteiger charge is 2.50. The van der Waals surface area contributed by atoms with E-state index in [2.05, 4.69) is 31.7 Å². The Hall–Kier alpha value is -0.800. The quantitative estimate of drug-likeness (QED) is 0.766. The second-order valence-electron chi connectivity index (χ2n) is 6.90. The first-order chi connectivity index (χ1) is 8.43. The van der Waals surface area contributed by atoms with Crippen molar-refractivity contribution in [1.82, 2.24) is 4.90 Å². The van der Waals surface area contributed by atoms with Crippen molar-refractivity contribution in [3.63, 3.8) is 0 Å². The summed E-state index contributed by atoms with van der Waals surface area (Å²) in [5, 5.41) is 0. The molecule has 18 heavy (non-hydrogen) atoms. The summed E-state index contributed by atoms with van der Waals surface area (Å²) in [6.07, 6.45) is 5.08. The number of nitrogens with zero attached hydrogens (tertiary/aromatic N) is 1. The molecule has 1 aliphatic carbocycles. The van der Waals surface area contributed by atoms with E-state index in [0.29, 0.717) is 0 Å². The van der Waals surface area contributed by atoms with Crippen molar-refractivity contribution in [2.45, 2.75) is 57.0 Å². The lowest BCUT2D eigenvalue weighted by Crippen LogP contribution is -2.54. The summed E-state index contributed by atoms with van der Waals surface area (Å²) in [5.74, 6) is 1.18. The van der Waals surface area contributed by atoms with Crippen LogP contribution in [0.4, 0.5) is 0 Å². The molecule has 0 unspecified atom stereocenters. The van der Waals surface area contributed by atoms with E-state index in [1.54, 1.807) is 0 Å². The van der Waals surface area contributed by atoms with Crippen LogP contribution in [0.25, 0.3) is 0 Å². The molecule has 0 amide bonds. The number of likely N-dealkylation sites (tertiary alicyclic amines) is 1. The Kier molecular flexibility index (Phi) is 2.62. The van der Waals surface area contributed by atoms with E-state index in [1.807, 2.05) is 6.26 Å². The number of nitrogens with two attached hydrogens (primary N) is 1. The molecular formula is C15H24N2O. The predicted octanol–water partition coefficient (Wildman–Crippen LogP) is 2.30. The van der Waals surface area contributed by atoms with Crippen LogP contribution < -0.4 is 5.73 Å². The minimum Gasteiger partial charge on any atom is -0.468 e. The van der Waals surface area contributed by atoms with Crippen LogP contribution in [0.15, 0.2) is 16.7 Å². The minimum atomic E-state index is 0.112. The first-order valence-electron chi connectivity index (χ1n) is 7.01. The van der Waals surface area contributed by atoms with Crippen LogP contribution >= 0.6 is 0 Å². The fourth-order valence-corrected chi connectivity index (χ4v) is 3.71. The third-order valence-electron chi connectivity index (χ3n) is 4.95. The topological polar surface area (TPSA) is 42.4 Å². The Balaban J connectivity index is 1.84. The molecule has 0 radical (unpaired) electrons. The largest absolute Gasteiger partial charge is 0.468 e.